The van der Waals surface area contributed by atoms with Crippen molar-refractivity contribution >= 4 is 46.6 Å². The van der Waals surface area contributed by atoms with Gasteiger partial charge in [-0.2, -0.15) is 0 Å². The molecule has 33 heavy (non-hydrogen) atoms. The number of nitrogens with zero attached hydrogens (tertiary/aromatic N) is 2. The highest BCUT2D eigenvalue weighted by atomic mass is 35.5. The van der Waals surface area contributed by atoms with E-state index in [1.807, 2.05) is 23.6 Å². The van der Waals surface area contributed by atoms with E-state index in [1.165, 1.54) is 23.1 Å². The third-order valence-corrected chi connectivity index (χ3v) is 7.23. The standard InChI is InChI=1S/C22H28ClN3O5S2/c1-3-30-21(28)9-16-13-32-22(25-16)33-14-20(27)24-10-17-12-26(6-7-31-17)11-15-4-5-19(29-2)18(23)8-15/h4-5,8,13,17H,3,6-7,9-12,14H2,1-2H3,(H,24,27)/t17-/m0/s1. The second kappa shape index (κ2) is 13.1. The number of rotatable bonds is 11. The van der Waals surface area contributed by atoms with Gasteiger partial charge < -0.3 is 19.5 Å². The summed E-state index contributed by atoms with van der Waals surface area (Å²) in [5.41, 5.74) is 1.77. The Bertz CT molecular complexity index is 943. The molecule has 1 aliphatic heterocycles. The largest absolute Gasteiger partial charge is 0.495 e. The van der Waals surface area contributed by atoms with E-state index in [4.69, 9.17) is 25.8 Å². The third kappa shape index (κ3) is 8.46. The van der Waals surface area contributed by atoms with E-state index in [0.717, 1.165) is 29.5 Å². The van der Waals surface area contributed by atoms with E-state index in [2.05, 4.69) is 15.2 Å². The van der Waals surface area contributed by atoms with Crippen molar-refractivity contribution in [1.29, 1.82) is 0 Å². The number of methoxy groups -OCH3 is 1. The molecule has 1 atom stereocenters. The Morgan fingerprint density at radius 3 is 3.03 bits per heavy atom. The van der Waals surface area contributed by atoms with Crippen LogP contribution in [0.5, 0.6) is 5.75 Å². The predicted octanol–water partition coefficient (Wildman–Crippen LogP) is 3.02. The number of carbonyl (C=O) groups excluding carboxylic acids is 2. The van der Waals surface area contributed by atoms with Crippen LogP contribution in [0.25, 0.3) is 0 Å². The molecule has 0 unspecified atom stereocenters. The molecule has 0 spiro atoms. The number of hydrogen-bond donors (Lipinski definition) is 1. The number of amides is 1. The number of esters is 1. The first kappa shape index (κ1) is 25.8. The molecule has 180 valence electrons. The minimum absolute atomic E-state index is 0.0718. The molecule has 0 radical (unpaired) electrons. The molecule has 1 fully saturated rings. The molecule has 0 bridgehead atoms. The number of morpholine rings is 1. The number of thioether (sulfide) groups is 1. The lowest BCUT2D eigenvalue weighted by atomic mass is 10.1. The van der Waals surface area contributed by atoms with Gasteiger partial charge in [0, 0.05) is 31.6 Å². The highest BCUT2D eigenvalue weighted by Crippen LogP contribution is 2.26. The van der Waals surface area contributed by atoms with E-state index >= 15 is 0 Å². The third-order valence-electron chi connectivity index (χ3n) is 4.86. The average Bonchev–Trinajstić information content (AvgIpc) is 3.24. The second-order valence-electron chi connectivity index (χ2n) is 7.38. The Balaban J connectivity index is 1.38. The molecule has 1 saturated heterocycles. The smallest absolute Gasteiger partial charge is 0.311 e. The predicted molar refractivity (Wildman–Crippen MR) is 129 cm³/mol. The fourth-order valence-corrected chi connectivity index (χ4v) is 5.27. The Labute approximate surface area is 206 Å². The van der Waals surface area contributed by atoms with Gasteiger partial charge in [-0.3, -0.25) is 14.5 Å². The van der Waals surface area contributed by atoms with Crippen molar-refractivity contribution in [3.63, 3.8) is 0 Å². The van der Waals surface area contributed by atoms with Crippen molar-refractivity contribution in [1.82, 2.24) is 15.2 Å². The zero-order valence-electron chi connectivity index (χ0n) is 18.7. The van der Waals surface area contributed by atoms with E-state index in [1.54, 1.807) is 14.0 Å². The minimum Gasteiger partial charge on any atom is -0.495 e. The van der Waals surface area contributed by atoms with E-state index in [9.17, 15) is 9.59 Å². The van der Waals surface area contributed by atoms with Gasteiger partial charge in [-0.05, 0) is 24.6 Å². The number of carbonyl (C=O) groups is 2. The van der Waals surface area contributed by atoms with Crippen molar-refractivity contribution in [2.24, 2.45) is 0 Å². The molecule has 3 rings (SSSR count). The summed E-state index contributed by atoms with van der Waals surface area (Å²) in [4.78, 5) is 30.5. The lowest BCUT2D eigenvalue weighted by Crippen LogP contribution is -2.47. The highest BCUT2D eigenvalue weighted by molar-refractivity contribution is 8.01. The molecule has 1 aliphatic rings. The summed E-state index contributed by atoms with van der Waals surface area (Å²) in [6.07, 6.45) is 0.0764. The highest BCUT2D eigenvalue weighted by Gasteiger charge is 2.21. The van der Waals surface area contributed by atoms with Crippen molar-refractivity contribution in [2.75, 3.05) is 45.7 Å². The molecule has 2 heterocycles. The van der Waals surface area contributed by atoms with Crippen LogP contribution in [0.4, 0.5) is 0 Å². The molecule has 11 heteroatoms. The van der Waals surface area contributed by atoms with Crippen LogP contribution in [0.15, 0.2) is 27.9 Å². The first-order chi connectivity index (χ1) is 16.0. The molecule has 1 amide bonds. The van der Waals surface area contributed by atoms with Gasteiger partial charge in [0.15, 0.2) is 4.34 Å². The summed E-state index contributed by atoms with van der Waals surface area (Å²) in [6.45, 7) is 5.48. The molecule has 1 aromatic carbocycles. The first-order valence-electron chi connectivity index (χ1n) is 10.6. The molecular weight excluding hydrogens is 486 g/mol. The van der Waals surface area contributed by atoms with Gasteiger partial charge in [-0.1, -0.05) is 29.4 Å². The van der Waals surface area contributed by atoms with Crippen molar-refractivity contribution < 1.29 is 23.8 Å². The van der Waals surface area contributed by atoms with Gasteiger partial charge in [0.25, 0.3) is 0 Å². The number of hydrogen-bond acceptors (Lipinski definition) is 9. The average molecular weight is 514 g/mol. The summed E-state index contributed by atoms with van der Waals surface area (Å²) in [5, 5.41) is 5.35. The van der Waals surface area contributed by atoms with Crippen LogP contribution >= 0.6 is 34.7 Å². The summed E-state index contributed by atoms with van der Waals surface area (Å²) in [7, 11) is 1.60. The van der Waals surface area contributed by atoms with Crippen LogP contribution in [0.2, 0.25) is 5.02 Å². The number of aromatic nitrogens is 1. The Kier molecular flexibility index (Phi) is 10.3. The van der Waals surface area contributed by atoms with Crippen LogP contribution in [0.1, 0.15) is 18.2 Å². The fourth-order valence-electron chi connectivity index (χ4n) is 3.32. The summed E-state index contributed by atoms with van der Waals surface area (Å²) >= 11 is 9.00. The second-order valence-corrected chi connectivity index (χ2v) is 9.86. The molecular formula is C22H28ClN3O5S2. The molecule has 8 nitrogen and oxygen atoms in total. The maximum atomic E-state index is 12.3. The van der Waals surface area contributed by atoms with Gasteiger partial charge in [-0.15, -0.1) is 11.3 Å². The number of ether oxygens (including phenoxy) is 3. The topological polar surface area (TPSA) is 90.0 Å². The lowest BCUT2D eigenvalue weighted by molar-refractivity contribution is -0.142. The maximum absolute atomic E-state index is 12.3. The summed E-state index contributed by atoms with van der Waals surface area (Å²) in [6, 6.07) is 5.79. The minimum atomic E-state index is -0.297. The molecule has 2 aromatic rings. The molecule has 0 aliphatic carbocycles. The van der Waals surface area contributed by atoms with Crippen molar-refractivity contribution in [3.05, 3.63) is 39.9 Å². The number of thiazole rings is 1. The molecule has 0 saturated carbocycles. The molecule has 1 aromatic heterocycles. The van der Waals surface area contributed by atoms with Gasteiger partial charge in [0.05, 0.1) is 49.3 Å². The normalized spacial score (nSPS) is 16.4. The van der Waals surface area contributed by atoms with Gasteiger partial charge in [0.2, 0.25) is 5.91 Å². The van der Waals surface area contributed by atoms with Crippen molar-refractivity contribution in [3.8, 4) is 5.75 Å². The van der Waals surface area contributed by atoms with E-state index in [0.29, 0.717) is 36.2 Å². The molecule has 1 N–H and O–H groups in total. The number of halogens is 1. The first-order valence-corrected chi connectivity index (χ1v) is 12.9. The SMILES string of the molecule is CCOC(=O)Cc1csc(SCC(=O)NC[C@H]2CN(Cc3ccc(OC)c(Cl)c3)CCO2)n1. The van der Waals surface area contributed by atoms with Crippen molar-refractivity contribution in [2.45, 2.75) is 30.3 Å². The summed E-state index contributed by atoms with van der Waals surface area (Å²) in [5.74, 6) is 0.542. The number of benzene rings is 1. The zero-order chi connectivity index (χ0) is 23.6. The van der Waals surface area contributed by atoms with Crippen LogP contribution in [-0.4, -0.2) is 73.6 Å². The Morgan fingerprint density at radius 1 is 1.42 bits per heavy atom. The van der Waals surface area contributed by atoms with Gasteiger partial charge >= 0.3 is 5.97 Å². The lowest BCUT2D eigenvalue weighted by Gasteiger charge is -2.33. The van der Waals surface area contributed by atoms with E-state index < -0.39 is 0 Å². The fraction of sp³-hybridized carbons (Fsp3) is 0.500. The maximum Gasteiger partial charge on any atom is 0.311 e. The Morgan fingerprint density at radius 2 is 2.27 bits per heavy atom. The van der Waals surface area contributed by atoms with Crippen LogP contribution in [-0.2, 0) is 32.0 Å². The van der Waals surface area contributed by atoms with Gasteiger partial charge in [0.1, 0.15) is 5.75 Å². The quantitative estimate of drug-likeness (QED) is 0.362. The van der Waals surface area contributed by atoms with Gasteiger partial charge in [-0.25, -0.2) is 4.98 Å². The summed E-state index contributed by atoms with van der Waals surface area (Å²) < 4.78 is 16.7. The zero-order valence-corrected chi connectivity index (χ0v) is 21.1. The van der Waals surface area contributed by atoms with Crippen LogP contribution in [0.3, 0.4) is 0 Å². The van der Waals surface area contributed by atoms with Crippen LogP contribution < -0.4 is 10.1 Å². The Hall–Kier alpha value is -1.85. The van der Waals surface area contributed by atoms with E-state index in [-0.39, 0.29) is 30.2 Å². The monoisotopic (exact) mass is 513 g/mol. The van der Waals surface area contributed by atoms with Crippen LogP contribution in [0, 0.1) is 0 Å². The number of nitrogens with one attached hydrogen (secondary N) is 1.